The summed E-state index contributed by atoms with van der Waals surface area (Å²) in [6.45, 7) is 0. The van der Waals surface area contributed by atoms with Crippen LogP contribution in [0.15, 0.2) is 59.8 Å². The van der Waals surface area contributed by atoms with Crippen LogP contribution in [0, 0.1) is 0 Å². The van der Waals surface area contributed by atoms with E-state index in [9.17, 15) is 8.42 Å². The molecule has 0 fully saturated rings. The number of nitrogens with zero attached hydrogens (tertiary/aromatic N) is 2. The van der Waals surface area contributed by atoms with E-state index in [1.54, 1.807) is 25.2 Å². The molecule has 3 N–H and O–H groups in total. The fraction of sp³-hybridized carbons (Fsp3) is 0.111. The van der Waals surface area contributed by atoms with Gasteiger partial charge in [0, 0.05) is 16.8 Å². The number of benzene rings is 2. The normalized spacial score (nSPS) is 11.2. The molecule has 3 rings (SSSR count). The summed E-state index contributed by atoms with van der Waals surface area (Å²) in [5, 5.41) is 9.82. The van der Waals surface area contributed by atoms with Crippen LogP contribution in [-0.4, -0.2) is 31.3 Å². The second kappa shape index (κ2) is 8.74. The Morgan fingerprint density at radius 3 is 2.29 bits per heavy atom. The van der Waals surface area contributed by atoms with Crippen molar-refractivity contribution in [3.8, 4) is 0 Å². The third-order valence-corrected chi connectivity index (χ3v) is 5.90. The highest BCUT2D eigenvalue weighted by molar-refractivity contribution is 7.91. The molecule has 0 amide bonds. The second-order valence-corrected chi connectivity index (χ2v) is 8.63. The first kappa shape index (κ1) is 20.3. The first-order chi connectivity index (χ1) is 13.4. The standard InChI is InChI=1S/C18H17Cl2N5O2S/c1-21-11-28(26,27)14-6-7-15(20)16(8-14)25-18-9-17(22-10-23-18)24-13-4-2-12(19)3-5-13/h2-10,21H,11H2,1H3,(H2,22,23,24,25). The van der Waals surface area contributed by atoms with E-state index in [4.69, 9.17) is 23.2 Å². The van der Waals surface area contributed by atoms with Crippen molar-refractivity contribution in [1.82, 2.24) is 15.3 Å². The van der Waals surface area contributed by atoms with E-state index in [0.29, 0.717) is 27.4 Å². The molecule has 1 aromatic heterocycles. The van der Waals surface area contributed by atoms with Gasteiger partial charge >= 0.3 is 0 Å². The van der Waals surface area contributed by atoms with Crippen LogP contribution in [-0.2, 0) is 9.84 Å². The molecule has 0 saturated carbocycles. The molecule has 0 spiro atoms. The Morgan fingerprint density at radius 1 is 0.929 bits per heavy atom. The number of anilines is 4. The van der Waals surface area contributed by atoms with Crippen LogP contribution in [0.3, 0.4) is 0 Å². The number of sulfone groups is 1. The van der Waals surface area contributed by atoms with Gasteiger partial charge in [-0.05, 0) is 49.5 Å². The van der Waals surface area contributed by atoms with Gasteiger partial charge in [0.2, 0.25) is 0 Å². The van der Waals surface area contributed by atoms with E-state index < -0.39 is 9.84 Å². The highest BCUT2D eigenvalue weighted by atomic mass is 35.5. The van der Waals surface area contributed by atoms with E-state index in [1.807, 2.05) is 12.1 Å². The van der Waals surface area contributed by atoms with Gasteiger partial charge < -0.3 is 16.0 Å². The van der Waals surface area contributed by atoms with Crippen molar-refractivity contribution < 1.29 is 8.42 Å². The average Bonchev–Trinajstić information content (AvgIpc) is 2.65. The average molecular weight is 438 g/mol. The molecular weight excluding hydrogens is 421 g/mol. The fourth-order valence-electron chi connectivity index (χ4n) is 2.38. The summed E-state index contributed by atoms with van der Waals surface area (Å²) in [6, 6.07) is 13.3. The molecule has 10 heteroatoms. The van der Waals surface area contributed by atoms with Crippen molar-refractivity contribution in [2.24, 2.45) is 0 Å². The van der Waals surface area contributed by atoms with Gasteiger partial charge in [0.05, 0.1) is 15.6 Å². The summed E-state index contributed by atoms with van der Waals surface area (Å²) in [5.41, 5.74) is 1.24. The third-order valence-electron chi connectivity index (χ3n) is 3.68. The summed E-state index contributed by atoms with van der Waals surface area (Å²) >= 11 is 12.1. The van der Waals surface area contributed by atoms with Crippen molar-refractivity contribution >= 4 is 56.0 Å². The molecule has 28 heavy (non-hydrogen) atoms. The minimum Gasteiger partial charge on any atom is -0.340 e. The van der Waals surface area contributed by atoms with Crippen LogP contribution < -0.4 is 16.0 Å². The highest BCUT2D eigenvalue weighted by Crippen LogP contribution is 2.28. The molecule has 0 aliphatic carbocycles. The molecule has 3 aromatic rings. The lowest BCUT2D eigenvalue weighted by molar-refractivity contribution is 0.591. The number of aromatic nitrogens is 2. The van der Waals surface area contributed by atoms with Crippen molar-refractivity contribution in [3.05, 3.63) is 64.9 Å². The molecule has 0 aliphatic heterocycles. The van der Waals surface area contributed by atoms with Crippen LogP contribution in [0.1, 0.15) is 0 Å². The largest absolute Gasteiger partial charge is 0.340 e. The van der Waals surface area contributed by atoms with Gasteiger partial charge in [-0.1, -0.05) is 23.2 Å². The van der Waals surface area contributed by atoms with E-state index in [-0.39, 0.29) is 10.8 Å². The molecular formula is C18H17Cl2N5O2S. The van der Waals surface area contributed by atoms with Crippen molar-refractivity contribution in [2.75, 3.05) is 23.6 Å². The molecule has 0 bridgehead atoms. The summed E-state index contributed by atoms with van der Waals surface area (Å²) in [4.78, 5) is 8.48. The number of rotatable bonds is 7. The second-order valence-electron chi connectivity index (χ2n) is 5.80. The van der Waals surface area contributed by atoms with E-state index in [2.05, 4.69) is 25.9 Å². The minimum absolute atomic E-state index is 0.155. The van der Waals surface area contributed by atoms with Gasteiger partial charge in [-0.15, -0.1) is 0 Å². The van der Waals surface area contributed by atoms with Gasteiger partial charge in [-0.2, -0.15) is 0 Å². The van der Waals surface area contributed by atoms with Crippen LogP contribution in [0.5, 0.6) is 0 Å². The van der Waals surface area contributed by atoms with Crippen molar-refractivity contribution in [3.63, 3.8) is 0 Å². The Hall–Kier alpha value is -2.39. The maximum Gasteiger partial charge on any atom is 0.191 e. The number of nitrogens with one attached hydrogen (secondary N) is 3. The molecule has 0 unspecified atom stereocenters. The molecule has 0 atom stereocenters. The van der Waals surface area contributed by atoms with Crippen LogP contribution >= 0.6 is 23.2 Å². The summed E-state index contributed by atoms with van der Waals surface area (Å²) in [7, 11) is -1.89. The van der Waals surface area contributed by atoms with E-state index >= 15 is 0 Å². The lowest BCUT2D eigenvalue weighted by Gasteiger charge is -2.12. The molecule has 146 valence electrons. The van der Waals surface area contributed by atoms with Gasteiger partial charge in [-0.3, -0.25) is 0 Å². The van der Waals surface area contributed by atoms with Gasteiger partial charge in [0.25, 0.3) is 0 Å². The van der Waals surface area contributed by atoms with Crippen molar-refractivity contribution in [2.45, 2.75) is 4.90 Å². The summed E-state index contributed by atoms with van der Waals surface area (Å²) < 4.78 is 24.5. The van der Waals surface area contributed by atoms with E-state index in [0.717, 1.165) is 5.69 Å². The first-order valence-corrected chi connectivity index (χ1v) is 10.6. The fourth-order valence-corrected chi connectivity index (χ4v) is 3.79. The Balaban J connectivity index is 1.83. The number of halogens is 2. The van der Waals surface area contributed by atoms with Gasteiger partial charge in [0.15, 0.2) is 9.84 Å². The Labute approximate surface area is 173 Å². The molecule has 1 heterocycles. The predicted molar refractivity (Wildman–Crippen MR) is 113 cm³/mol. The minimum atomic E-state index is -3.46. The van der Waals surface area contributed by atoms with Crippen molar-refractivity contribution in [1.29, 1.82) is 0 Å². The molecule has 0 aliphatic rings. The number of hydrogen-bond donors (Lipinski definition) is 3. The molecule has 7 nitrogen and oxygen atoms in total. The quantitative estimate of drug-likeness (QED) is 0.508. The maximum atomic E-state index is 12.3. The highest BCUT2D eigenvalue weighted by Gasteiger charge is 2.15. The zero-order chi connectivity index (χ0) is 20.1. The first-order valence-electron chi connectivity index (χ1n) is 8.16. The Morgan fingerprint density at radius 2 is 1.61 bits per heavy atom. The maximum absolute atomic E-state index is 12.3. The van der Waals surface area contributed by atoms with Gasteiger partial charge in [0.1, 0.15) is 23.8 Å². The summed E-state index contributed by atoms with van der Waals surface area (Å²) in [6.07, 6.45) is 1.39. The smallest absolute Gasteiger partial charge is 0.191 e. The van der Waals surface area contributed by atoms with Crippen LogP contribution in [0.2, 0.25) is 10.0 Å². The predicted octanol–water partition coefficient (Wildman–Crippen LogP) is 4.22. The van der Waals surface area contributed by atoms with Gasteiger partial charge in [-0.25, -0.2) is 18.4 Å². The topological polar surface area (TPSA) is 96.0 Å². The summed E-state index contributed by atoms with van der Waals surface area (Å²) in [5.74, 6) is 0.836. The Kier molecular flexibility index (Phi) is 6.35. The monoisotopic (exact) mass is 437 g/mol. The lowest BCUT2D eigenvalue weighted by atomic mass is 10.3. The zero-order valence-electron chi connectivity index (χ0n) is 14.8. The van der Waals surface area contributed by atoms with Crippen LogP contribution in [0.4, 0.5) is 23.0 Å². The molecule has 0 saturated heterocycles. The number of hydrogen-bond acceptors (Lipinski definition) is 7. The zero-order valence-corrected chi connectivity index (χ0v) is 17.1. The molecule has 2 aromatic carbocycles. The third kappa shape index (κ3) is 5.11. The van der Waals surface area contributed by atoms with E-state index in [1.165, 1.54) is 24.5 Å². The Bertz CT molecular complexity index is 1080. The van der Waals surface area contributed by atoms with Crippen LogP contribution in [0.25, 0.3) is 0 Å². The molecule has 0 radical (unpaired) electrons. The SMILES string of the molecule is CNCS(=O)(=O)c1ccc(Cl)c(Nc2cc(Nc3ccc(Cl)cc3)ncn2)c1. The lowest BCUT2D eigenvalue weighted by Crippen LogP contribution is -2.19.